The Balaban J connectivity index is 0.000000568. The molecule has 150 valence electrons. The minimum atomic E-state index is -1.82. The molecule has 0 saturated carbocycles. The van der Waals surface area contributed by atoms with E-state index in [-0.39, 0.29) is 5.91 Å². The smallest absolute Gasteiger partial charge is 0.414 e. The minimum absolute atomic E-state index is 0.0785. The van der Waals surface area contributed by atoms with Crippen molar-refractivity contribution in [1.82, 2.24) is 15.6 Å². The number of carbonyl (C=O) groups is 3. The zero-order valence-corrected chi connectivity index (χ0v) is 15.4. The van der Waals surface area contributed by atoms with Gasteiger partial charge in [0.15, 0.2) is 0 Å². The van der Waals surface area contributed by atoms with Gasteiger partial charge >= 0.3 is 11.9 Å². The van der Waals surface area contributed by atoms with E-state index in [0.29, 0.717) is 25.3 Å². The van der Waals surface area contributed by atoms with Crippen LogP contribution in [0.2, 0.25) is 0 Å². The van der Waals surface area contributed by atoms with Gasteiger partial charge in [-0.25, -0.2) is 9.59 Å². The number of rotatable bonds is 8. The molecular weight excluding hydrogens is 366 g/mol. The quantitative estimate of drug-likeness (QED) is 0.390. The van der Waals surface area contributed by atoms with E-state index >= 15 is 0 Å². The van der Waals surface area contributed by atoms with Crippen LogP contribution >= 0.6 is 0 Å². The first-order valence-electron chi connectivity index (χ1n) is 8.51. The number of aromatic nitrogens is 1. The molecule has 1 aromatic carbocycles. The maximum atomic E-state index is 11.8. The van der Waals surface area contributed by atoms with E-state index in [2.05, 4.69) is 15.6 Å². The number of pyridine rings is 1. The van der Waals surface area contributed by atoms with Crippen LogP contribution in [-0.4, -0.2) is 52.7 Å². The van der Waals surface area contributed by atoms with Gasteiger partial charge in [-0.2, -0.15) is 0 Å². The third-order valence-corrected chi connectivity index (χ3v) is 3.28. The van der Waals surface area contributed by atoms with Crippen LogP contribution in [0, 0.1) is 0 Å². The number of carboxylic acid groups (broad SMARTS) is 2. The Morgan fingerprint density at radius 3 is 2.11 bits per heavy atom. The summed E-state index contributed by atoms with van der Waals surface area (Å²) in [4.78, 5) is 33.9. The number of ether oxygens (including phenoxy) is 1. The number of benzene rings is 1. The third-order valence-electron chi connectivity index (χ3n) is 3.28. The number of nitrogens with zero attached hydrogens (tertiary/aromatic N) is 1. The number of carboxylic acids is 2. The normalized spacial score (nSPS) is 9.61. The molecule has 9 nitrogen and oxygen atoms in total. The van der Waals surface area contributed by atoms with E-state index in [1.165, 1.54) is 5.56 Å². The average Bonchev–Trinajstić information content (AvgIpc) is 2.70. The Bertz CT molecular complexity index is 738. The van der Waals surface area contributed by atoms with Crippen LogP contribution in [-0.2, 0) is 16.1 Å². The first-order chi connectivity index (χ1) is 13.4. The minimum Gasteiger partial charge on any atom is -0.494 e. The van der Waals surface area contributed by atoms with Crippen LogP contribution in [0.3, 0.4) is 0 Å². The van der Waals surface area contributed by atoms with Crippen LogP contribution in [0.25, 0.3) is 0 Å². The molecule has 0 spiro atoms. The number of hydrogen-bond acceptors (Lipinski definition) is 6. The van der Waals surface area contributed by atoms with Crippen molar-refractivity contribution >= 4 is 17.8 Å². The fourth-order valence-corrected chi connectivity index (χ4v) is 1.97. The maximum absolute atomic E-state index is 11.8. The summed E-state index contributed by atoms with van der Waals surface area (Å²) >= 11 is 0. The van der Waals surface area contributed by atoms with Gasteiger partial charge < -0.3 is 25.6 Å². The van der Waals surface area contributed by atoms with Gasteiger partial charge in [-0.3, -0.25) is 9.78 Å². The standard InChI is InChI=1S/C17H21N3O2.C2H2O4/c1-2-22-16-5-3-14(4-6-16)13-19-11-12-20-17(21)15-7-9-18-10-8-15;3-1(4)2(5)6/h3-10,19H,2,11-13H2,1H3,(H,20,21);(H,3,4)(H,5,6). The number of nitrogens with one attached hydrogen (secondary N) is 2. The van der Waals surface area contributed by atoms with Gasteiger partial charge in [-0.15, -0.1) is 0 Å². The van der Waals surface area contributed by atoms with Gasteiger partial charge in [-0.1, -0.05) is 12.1 Å². The zero-order valence-electron chi connectivity index (χ0n) is 15.4. The number of amides is 1. The molecule has 0 bridgehead atoms. The van der Waals surface area contributed by atoms with Crippen LogP contribution in [0.5, 0.6) is 5.75 Å². The van der Waals surface area contributed by atoms with Gasteiger partial charge in [0.2, 0.25) is 0 Å². The largest absolute Gasteiger partial charge is 0.494 e. The third kappa shape index (κ3) is 9.30. The fraction of sp³-hybridized carbons (Fsp3) is 0.263. The molecule has 2 aromatic rings. The summed E-state index contributed by atoms with van der Waals surface area (Å²) in [5.41, 5.74) is 1.81. The van der Waals surface area contributed by atoms with Gasteiger partial charge in [0.05, 0.1) is 6.61 Å². The lowest BCUT2D eigenvalue weighted by molar-refractivity contribution is -0.159. The number of carbonyl (C=O) groups excluding carboxylic acids is 1. The van der Waals surface area contributed by atoms with Gasteiger partial charge in [0, 0.05) is 37.6 Å². The summed E-state index contributed by atoms with van der Waals surface area (Å²) in [5.74, 6) is -2.84. The van der Waals surface area contributed by atoms with Crippen LogP contribution in [0.4, 0.5) is 0 Å². The van der Waals surface area contributed by atoms with E-state index < -0.39 is 11.9 Å². The molecule has 0 saturated heterocycles. The van der Waals surface area contributed by atoms with E-state index in [1.807, 2.05) is 31.2 Å². The topological polar surface area (TPSA) is 138 Å². The predicted octanol–water partition coefficient (Wildman–Crippen LogP) is 1.16. The Hall–Kier alpha value is -3.46. The highest BCUT2D eigenvalue weighted by molar-refractivity contribution is 6.27. The Morgan fingerprint density at radius 1 is 0.964 bits per heavy atom. The molecule has 1 heterocycles. The molecule has 1 amide bonds. The molecule has 0 fully saturated rings. The lowest BCUT2D eigenvalue weighted by Gasteiger charge is -2.08. The molecule has 0 aliphatic rings. The molecular formula is C19H23N3O6. The molecule has 0 aliphatic carbocycles. The molecule has 0 radical (unpaired) electrons. The van der Waals surface area contributed by atoms with E-state index in [1.54, 1.807) is 24.5 Å². The zero-order chi connectivity index (χ0) is 20.8. The second kappa shape index (κ2) is 12.8. The Kier molecular flexibility index (Phi) is 10.3. The summed E-state index contributed by atoms with van der Waals surface area (Å²) in [7, 11) is 0. The van der Waals surface area contributed by atoms with Crippen LogP contribution in [0.1, 0.15) is 22.8 Å². The Labute approximate surface area is 162 Å². The molecule has 0 aliphatic heterocycles. The van der Waals surface area contributed by atoms with Crippen molar-refractivity contribution in [3.05, 3.63) is 59.9 Å². The maximum Gasteiger partial charge on any atom is 0.414 e. The van der Waals surface area contributed by atoms with Crippen molar-refractivity contribution in [3.63, 3.8) is 0 Å². The van der Waals surface area contributed by atoms with E-state index in [9.17, 15) is 4.79 Å². The first-order valence-corrected chi connectivity index (χ1v) is 8.51. The highest BCUT2D eigenvalue weighted by Gasteiger charge is 2.04. The first kappa shape index (κ1) is 22.6. The molecule has 1 aromatic heterocycles. The number of hydrogen-bond donors (Lipinski definition) is 4. The SMILES string of the molecule is CCOc1ccc(CNCCNC(=O)c2ccncc2)cc1.O=C(O)C(=O)O. The highest BCUT2D eigenvalue weighted by atomic mass is 16.5. The monoisotopic (exact) mass is 389 g/mol. The molecule has 2 rings (SSSR count). The summed E-state index contributed by atoms with van der Waals surface area (Å²) < 4.78 is 5.40. The lowest BCUT2D eigenvalue weighted by atomic mass is 10.2. The van der Waals surface area contributed by atoms with Crippen molar-refractivity contribution in [2.24, 2.45) is 0 Å². The molecule has 28 heavy (non-hydrogen) atoms. The summed E-state index contributed by atoms with van der Waals surface area (Å²) in [6.45, 7) is 4.70. The van der Waals surface area contributed by atoms with Crippen molar-refractivity contribution in [2.75, 3.05) is 19.7 Å². The van der Waals surface area contributed by atoms with Crippen molar-refractivity contribution in [1.29, 1.82) is 0 Å². The van der Waals surface area contributed by atoms with Crippen LogP contribution < -0.4 is 15.4 Å². The van der Waals surface area contributed by atoms with Gasteiger partial charge in [0.1, 0.15) is 5.75 Å². The molecule has 0 atom stereocenters. The summed E-state index contributed by atoms with van der Waals surface area (Å²) in [6, 6.07) is 11.4. The van der Waals surface area contributed by atoms with E-state index in [4.69, 9.17) is 24.5 Å². The number of aliphatic carboxylic acids is 2. The van der Waals surface area contributed by atoms with E-state index in [0.717, 1.165) is 12.3 Å². The van der Waals surface area contributed by atoms with Crippen LogP contribution in [0.15, 0.2) is 48.8 Å². The predicted molar refractivity (Wildman–Crippen MR) is 101 cm³/mol. The van der Waals surface area contributed by atoms with Crippen molar-refractivity contribution < 1.29 is 29.3 Å². The highest BCUT2D eigenvalue weighted by Crippen LogP contribution is 2.11. The van der Waals surface area contributed by atoms with Crippen molar-refractivity contribution in [3.8, 4) is 5.75 Å². The van der Waals surface area contributed by atoms with Crippen molar-refractivity contribution in [2.45, 2.75) is 13.5 Å². The molecule has 9 heteroatoms. The average molecular weight is 389 g/mol. The second-order valence-corrected chi connectivity index (χ2v) is 5.36. The lowest BCUT2D eigenvalue weighted by Crippen LogP contribution is -2.31. The Morgan fingerprint density at radius 2 is 1.57 bits per heavy atom. The molecule has 0 unspecified atom stereocenters. The fourth-order valence-electron chi connectivity index (χ4n) is 1.97. The summed E-state index contributed by atoms with van der Waals surface area (Å²) in [6.07, 6.45) is 3.22. The summed E-state index contributed by atoms with van der Waals surface area (Å²) in [5, 5.41) is 20.9. The second-order valence-electron chi connectivity index (χ2n) is 5.36. The molecule has 4 N–H and O–H groups in total. The van der Waals surface area contributed by atoms with Gasteiger partial charge in [0.25, 0.3) is 5.91 Å². The van der Waals surface area contributed by atoms with Gasteiger partial charge in [-0.05, 0) is 36.8 Å².